The summed E-state index contributed by atoms with van der Waals surface area (Å²) in [5.41, 5.74) is 3.89. The lowest BCUT2D eigenvalue weighted by molar-refractivity contribution is -0.132. The minimum absolute atomic E-state index is 0.118. The van der Waals surface area contributed by atoms with E-state index in [0.29, 0.717) is 40.8 Å². The van der Waals surface area contributed by atoms with Crippen LogP contribution in [0.5, 0.6) is 5.75 Å². The highest BCUT2D eigenvalue weighted by atomic mass is 16.5. The molecular formula is C43H43N7O6. The van der Waals surface area contributed by atoms with Crippen LogP contribution in [0.2, 0.25) is 0 Å². The topological polar surface area (TPSA) is 147 Å². The molecule has 1 atom stereocenters. The number of rotatable bonds is 9. The van der Waals surface area contributed by atoms with Crippen molar-refractivity contribution < 1.29 is 28.7 Å². The summed E-state index contributed by atoms with van der Waals surface area (Å²) in [6, 6.07) is 18.8. The number of piperazine rings is 1. The van der Waals surface area contributed by atoms with Gasteiger partial charge in [-0.3, -0.25) is 38.7 Å². The van der Waals surface area contributed by atoms with Crippen LogP contribution in [0.15, 0.2) is 79.4 Å². The van der Waals surface area contributed by atoms with E-state index in [9.17, 15) is 24.0 Å². The highest BCUT2D eigenvalue weighted by Crippen LogP contribution is 2.38. The minimum Gasteiger partial charge on any atom is -0.484 e. The normalized spacial score (nSPS) is 22.2. The molecule has 1 unspecified atom stereocenters. The average molecular weight is 754 g/mol. The molecule has 13 nitrogen and oxygen atoms in total. The third-order valence-corrected chi connectivity index (χ3v) is 12.0. The van der Waals surface area contributed by atoms with Crippen molar-refractivity contribution in [3.05, 3.63) is 90.5 Å². The summed E-state index contributed by atoms with van der Waals surface area (Å²) in [6.45, 7) is 3.76. The number of Topliss-reactive ketones (excluding diaryl/α,β-unsaturated/α-hetero) is 2. The SMILES string of the molecule is O=C1CCC(N2C(=O)c3cccc4cc(OCC(=O)NCN5CCN(C6CCC(n7cc(-c8ccccc8)c8cncnc87)CC6)CC5)cc(c34)C2=O)C(=O)C1. The van der Waals surface area contributed by atoms with Gasteiger partial charge in [-0.25, -0.2) is 9.97 Å². The van der Waals surface area contributed by atoms with Gasteiger partial charge in [0, 0.05) is 79.0 Å². The van der Waals surface area contributed by atoms with Gasteiger partial charge in [0.2, 0.25) is 0 Å². The quantitative estimate of drug-likeness (QED) is 0.165. The third kappa shape index (κ3) is 6.75. The first-order valence-corrected chi connectivity index (χ1v) is 19.5. The van der Waals surface area contributed by atoms with E-state index in [1.165, 1.54) is 17.2 Å². The fourth-order valence-electron chi connectivity index (χ4n) is 9.10. The molecule has 56 heavy (non-hydrogen) atoms. The molecule has 2 saturated carbocycles. The van der Waals surface area contributed by atoms with Crippen LogP contribution in [0, 0.1) is 0 Å². The maximum absolute atomic E-state index is 13.7. The number of aromatic nitrogens is 3. The molecule has 0 spiro atoms. The lowest BCUT2D eigenvalue weighted by atomic mass is 9.87. The van der Waals surface area contributed by atoms with E-state index < -0.39 is 23.6 Å². The number of hydrogen-bond acceptors (Lipinski definition) is 10. The molecule has 5 aromatic rings. The van der Waals surface area contributed by atoms with Crippen LogP contribution in [0.25, 0.3) is 32.9 Å². The molecule has 3 aromatic carbocycles. The van der Waals surface area contributed by atoms with E-state index in [2.05, 4.69) is 60.1 Å². The summed E-state index contributed by atoms with van der Waals surface area (Å²) < 4.78 is 8.25. The maximum Gasteiger partial charge on any atom is 0.262 e. The molecule has 4 heterocycles. The van der Waals surface area contributed by atoms with Crippen LogP contribution in [0.3, 0.4) is 0 Å². The zero-order valence-corrected chi connectivity index (χ0v) is 31.1. The minimum atomic E-state index is -0.982. The molecule has 4 aliphatic rings. The predicted octanol–water partition coefficient (Wildman–Crippen LogP) is 4.79. The Balaban J connectivity index is 0.764. The first kappa shape index (κ1) is 35.9. The van der Waals surface area contributed by atoms with Crippen molar-refractivity contribution in [1.29, 1.82) is 0 Å². The zero-order chi connectivity index (χ0) is 38.3. The molecule has 0 radical (unpaired) electrons. The molecule has 1 N–H and O–H groups in total. The number of amides is 3. The predicted molar refractivity (Wildman–Crippen MR) is 208 cm³/mol. The Kier molecular flexibility index (Phi) is 9.64. The van der Waals surface area contributed by atoms with Gasteiger partial charge >= 0.3 is 0 Å². The summed E-state index contributed by atoms with van der Waals surface area (Å²) in [4.78, 5) is 79.5. The number of benzene rings is 3. The van der Waals surface area contributed by atoms with Crippen LogP contribution in [0.1, 0.15) is 71.7 Å². The highest BCUT2D eigenvalue weighted by Gasteiger charge is 2.42. The zero-order valence-electron chi connectivity index (χ0n) is 31.1. The molecule has 2 aromatic heterocycles. The third-order valence-electron chi connectivity index (χ3n) is 12.0. The number of hydrogen-bond donors (Lipinski definition) is 1. The lowest BCUT2D eigenvalue weighted by Crippen LogP contribution is -2.53. The van der Waals surface area contributed by atoms with Gasteiger partial charge in [0.25, 0.3) is 17.7 Å². The number of carbonyl (C=O) groups excluding carboxylic acids is 5. The Morgan fingerprint density at radius 1 is 0.821 bits per heavy atom. The number of ketones is 2. The molecule has 2 aliphatic carbocycles. The van der Waals surface area contributed by atoms with E-state index in [4.69, 9.17) is 4.74 Å². The Labute approximate surface area is 323 Å². The summed E-state index contributed by atoms with van der Waals surface area (Å²) in [5, 5.41) is 5.17. The summed E-state index contributed by atoms with van der Waals surface area (Å²) in [5.74, 6) is -1.73. The van der Waals surface area contributed by atoms with Crippen molar-refractivity contribution in [1.82, 2.24) is 34.6 Å². The molecule has 13 heteroatoms. The van der Waals surface area contributed by atoms with Gasteiger partial charge in [-0.2, -0.15) is 0 Å². The molecule has 3 amide bonds. The number of ether oxygens (including phenoxy) is 1. The van der Waals surface area contributed by atoms with Crippen LogP contribution >= 0.6 is 0 Å². The Bertz CT molecular complexity index is 2360. The first-order valence-electron chi connectivity index (χ1n) is 19.5. The number of imide groups is 1. The van der Waals surface area contributed by atoms with Crippen LogP contribution in [-0.4, -0.2) is 110 Å². The van der Waals surface area contributed by atoms with Crippen LogP contribution in [0.4, 0.5) is 0 Å². The number of fused-ring (bicyclic) bond motifs is 1. The van der Waals surface area contributed by atoms with Gasteiger partial charge < -0.3 is 14.6 Å². The molecule has 286 valence electrons. The Hall–Kier alpha value is -5.79. The Morgan fingerprint density at radius 2 is 1.59 bits per heavy atom. The average Bonchev–Trinajstić information content (AvgIpc) is 3.62. The van der Waals surface area contributed by atoms with E-state index in [-0.39, 0.29) is 43.1 Å². The fourth-order valence-corrected chi connectivity index (χ4v) is 9.10. The van der Waals surface area contributed by atoms with E-state index in [1.807, 2.05) is 12.3 Å². The van der Waals surface area contributed by atoms with E-state index in [0.717, 1.165) is 67.8 Å². The lowest BCUT2D eigenvalue weighted by Gasteiger charge is -2.42. The molecule has 1 saturated heterocycles. The second kappa shape index (κ2) is 15.0. The molecule has 2 aliphatic heterocycles. The molecular weight excluding hydrogens is 711 g/mol. The summed E-state index contributed by atoms with van der Waals surface area (Å²) in [7, 11) is 0. The Morgan fingerprint density at radius 3 is 2.38 bits per heavy atom. The highest BCUT2D eigenvalue weighted by molar-refractivity contribution is 6.27. The van der Waals surface area contributed by atoms with Crippen molar-refractivity contribution in [2.45, 2.75) is 63.1 Å². The molecule has 3 fully saturated rings. The molecule has 0 bridgehead atoms. The fraction of sp³-hybridized carbons (Fsp3) is 0.372. The number of nitrogens with one attached hydrogen (secondary N) is 1. The number of nitrogens with zero attached hydrogens (tertiary/aromatic N) is 6. The maximum atomic E-state index is 13.7. The van der Waals surface area contributed by atoms with Crippen molar-refractivity contribution in [2.24, 2.45) is 0 Å². The summed E-state index contributed by atoms with van der Waals surface area (Å²) in [6.07, 6.45) is 10.2. The van der Waals surface area contributed by atoms with Crippen molar-refractivity contribution in [3.63, 3.8) is 0 Å². The van der Waals surface area contributed by atoms with Gasteiger partial charge in [0.15, 0.2) is 12.4 Å². The standard InChI is InChI=1S/C43H43N7O6/c51-31-13-14-37(38(52)20-31)50-42(54)33-8-4-7-28-19-32(21-34(40(28)33)43(50)55)56-24-39(53)46-26-47-15-17-48(18-16-47)29-9-11-30(12-10-29)49-23-36(27-5-2-1-3-6-27)35-22-44-25-45-41(35)49/h1-8,19,21-23,25,29-30,37H,9-18,20,24,26H2,(H,46,53). The number of carbonyl (C=O) groups is 5. The second-order valence-electron chi connectivity index (χ2n) is 15.3. The van der Waals surface area contributed by atoms with Gasteiger partial charge in [-0.1, -0.05) is 42.5 Å². The van der Waals surface area contributed by atoms with Crippen LogP contribution < -0.4 is 10.1 Å². The van der Waals surface area contributed by atoms with Crippen molar-refractivity contribution in [3.8, 4) is 16.9 Å². The largest absolute Gasteiger partial charge is 0.484 e. The monoisotopic (exact) mass is 753 g/mol. The molecule has 9 rings (SSSR count). The van der Waals surface area contributed by atoms with Gasteiger partial charge in [-0.15, -0.1) is 0 Å². The van der Waals surface area contributed by atoms with Crippen molar-refractivity contribution in [2.75, 3.05) is 39.5 Å². The van der Waals surface area contributed by atoms with Crippen LogP contribution in [-0.2, 0) is 14.4 Å². The summed E-state index contributed by atoms with van der Waals surface area (Å²) >= 11 is 0. The van der Waals surface area contributed by atoms with Crippen molar-refractivity contribution >= 4 is 51.1 Å². The van der Waals surface area contributed by atoms with Gasteiger partial charge in [0.1, 0.15) is 23.5 Å². The van der Waals surface area contributed by atoms with Gasteiger partial charge in [0.05, 0.1) is 24.7 Å². The second-order valence-corrected chi connectivity index (χ2v) is 15.3. The smallest absolute Gasteiger partial charge is 0.262 e. The van der Waals surface area contributed by atoms with E-state index >= 15 is 0 Å². The van der Waals surface area contributed by atoms with Gasteiger partial charge in [-0.05, 0) is 61.3 Å². The van der Waals surface area contributed by atoms with E-state index in [1.54, 1.807) is 30.6 Å². The first-order chi connectivity index (χ1) is 27.3.